The van der Waals surface area contributed by atoms with Crippen molar-refractivity contribution in [3.05, 3.63) is 12.7 Å². The van der Waals surface area contributed by atoms with Gasteiger partial charge in [-0.25, -0.2) is 4.79 Å². The number of hydrogen-bond donors (Lipinski definition) is 3. The van der Waals surface area contributed by atoms with Gasteiger partial charge in [-0.1, -0.05) is 6.08 Å². The average molecular weight is 214 g/mol. The van der Waals surface area contributed by atoms with Gasteiger partial charge >= 0.3 is 12.0 Å². The van der Waals surface area contributed by atoms with Crippen LogP contribution in [0.2, 0.25) is 0 Å². The molecule has 15 heavy (non-hydrogen) atoms. The lowest BCUT2D eigenvalue weighted by Crippen LogP contribution is -2.49. The van der Waals surface area contributed by atoms with E-state index in [0.29, 0.717) is 13.0 Å². The summed E-state index contributed by atoms with van der Waals surface area (Å²) in [6.45, 7) is 7.34. The fourth-order valence-corrected chi connectivity index (χ4v) is 1.06. The van der Waals surface area contributed by atoms with Crippen molar-refractivity contribution in [2.75, 3.05) is 6.54 Å². The zero-order valence-corrected chi connectivity index (χ0v) is 9.17. The van der Waals surface area contributed by atoms with Gasteiger partial charge in [-0.3, -0.25) is 4.79 Å². The molecule has 0 bridgehead atoms. The number of carbonyl (C=O) groups excluding carboxylic acids is 1. The largest absolute Gasteiger partial charge is 0.481 e. The second-order valence-corrected chi connectivity index (χ2v) is 3.91. The van der Waals surface area contributed by atoms with Crippen molar-refractivity contribution >= 4 is 12.0 Å². The van der Waals surface area contributed by atoms with Gasteiger partial charge in [0.25, 0.3) is 0 Å². The molecule has 0 spiro atoms. The summed E-state index contributed by atoms with van der Waals surface area (Å²) in [6.07, 6.45) is 2.28. The molecular weight excluding hydrogens is 196 g/mol. The van der Waals surface area contributed by atoms with E-state index in [4.69, 9.17) is 5.11 Å². The van der Waals surface area contributed by atoms with Crippen LogP contribution in [0.5, 0.6) is 0 Å². The second kappa shape index (κ2) is 6.06. The molecule has 0 saturated heterocycles. The Balaban J connectivity index is 3.92. The summed E-state index contributed by atoms with van der Waals surface area (Å²) in [5.41, 5.74) is -0.746. The quantitative estimate of drug-likeness (QED) is 0.458. The monoisotopic (exact) mass is 214 g/mol. The zero-order valence-electron chi connectivity index (χ0n) is 9.17. The third-order valence-electron chi connectivity index (χ3n) is 1.68. The first-order valence-electron chi connectivity index (χ1n) is 4.76. The maximum atomic E-state index is 11.3. The van der Waals surface area contributed by atoms with Gasteiger partial charge in [0.2, 0.25) is 0 Å². The van der Waals surface area contributed by atoms with Crippen LogP contribution in [-0.2, 0) is 4.79 Å². The number of carbonyl (C=O) groups is 2. The highest BCUT2D eigenvalue weighted by molar-refractivity contribution is 5.76. The molecule has 0 aliphatic carbocycles. The fraction of sp³-hybridized carbons (Fsp3) is 0.600. The molecule has 0 aromatic rings. The summed E-state index contributed by atoms with van der Waals surface area (Å²) >= 11 is 0. The van der Waals surface area contributed by atoms with E-state index in [0.717, 1.165) is 0 Å². The van der Waals surface area contributed by atoms with Crippen molar-refractivity contribution in [1.82, 2.24) is 10.6 Å². The van der Waals surface area contributed by atoms with Gasteiger partial charge in [-0.15, -0.1) is 6.58 Å². The predicted octanol–water partition coefficient (Wildman–Crippen LogP) is 1.11. The van der Waals surface area contributed by atoms with Crippen LogP contribution in [0.25, 0.3) is 0 Å². The van der Waals surface area contributed by atoms with Gasteiger partial charge in [0.1, 0.15) is 0 Å². The van der Waals surface area contributed by atoms with Crippen LogP contribution in [-0.4, -0.2) is 29.2 Å². The molecule has 0 heterocycles. The van der Waals surface area contributed by atoms with E-state index in [-0.39, 0.29) is 12.5 Å². The highest BCUT2D eigenvalue weighted by atomic mass is 16.4. The Labute approximate surface area is 89.6 Å². The lowest BCUT2D eigenvalue weighted by molar-refractivity contribution is -0.138. The predicted molar refractivity (Wildman–Crippen MR) is 57.7 cm³/mol. The van der Waals surface area contributed by atoms with Gasteiger partial charge in [0, 0.05) is 12.1 Å². The van der Waals surface area contributed by atoms with Gasteiger partial charge < -0.3 is 15.7 Å². The number of hydrogen-bond acceptors (Lipinski definition) is 2. The van der Waals surface area contributed by atoms with Crippen molar-refractivity contribution in [3.63, 3.8) is 0 Å². The first-order chi connectivity index (χ1) is 6.87. The standard InChI is InChI=1S/C10H18N2O3/c1-4-5-6-11-9(15)12-10(2,3)7-8(13)14/h4H,1,5-7H2,2-3H3,(H,13,14)(H2,11,12,15). The number of rotatable bonds is 6. The Morgan fingerprint density at radius 3 is 2.53 bits per heavy atom. The Morgan fingerprint density at radius 2 is 2.07 bits per heavy atom. The first-order valence-corrected chi connectivity index (χ1v) is 4.76. The summed E-state index contributed by atoms with van der Waals surface area (Å²) in [5, 5.41) is 13.8. The molecule has 5 heteroatoms. The zero-order chi connectivity index (χ0) is 11.9. The molecule has 0 rings (SSSR count). The number of urea groups is 1. The van der Waals surface area contributed by atoms with Crippen molar-refractivity contribution in [1.29, 1.82) is 0 Å². The lowest BCUT2D eigenvalue weighted by Gasteiger charge is -2.24. The van der Waals surface area contributed by atoms with Crippen LogP contribution in [0, 0.1) is 0 Å². The molecule has 0 fully saturated rings. The molecule has 0 aromatic heterocycles. The van der Waals surface area contributed by atoms with Gasteiger partial charge in [0.05, 0.1) is 6.42 Å². The molecule has 2 amide bonds. The van der Waals surface area contributed by atoms with Gasteiger partial charge in [0.15, 0.2) is 0 Å². The molecule has 0 aromatic carbocycles. The maximum absolute atomic E-state index is 11.3. The molecule has 3 N–H and O–H groups in total. The van der Waals surface area contributed by atoms with E-state index >= 15 is 0 Å². The number of nitrogens with one attached hydrogen (secondary N) is 2. The molecule has 0 radical (unpaired) electrons. The maximum Gasteiger partial charge on any atom is 0.315 e. The molecule has 86 valence electrons. The Kier molecular flexibility index (Phi) is 5.44. The molecule has 0 aliphatic heterocycles. The molecule has 0 atom stereocenters. The number of carboxylic acids is 1. The summed E-state index contributed by atoms with van der Waals surface area (Å²) in [7, 11) is 0. The SMILES string of the molecule is C=CCCNC(=O)NC(C)(C)CC(=O)O. The Bertz CT molecular complexity index is 249. The third kappa shape index (κ3) is 7.54. The van der Waals surface area contributed by atoms with Crippen LogP contribution in [0.4, 0.5) is 4.79 Å². The van der Waals surface area contributed by atoms with Crippen molar-refractivity contribution < 1.29 is 14.7 Å². The fourth-order valence-electron chi connectivity index (χ4n) is 1.06. The Hall–Kier alpha value is -1.52. The van der Waals surface area contributed by atoms with Crippen LogP contribution in [0.3, 0.4) is 0 Å². The normalized spacial score (nSPS) is 10.5. The minimum Gasteiger partial charge on any atom is -0.481 e. The molecular formula is C10H18N2O3. The van der Waals surface area contributed by atoms with Gasteiger partial charge in [-0.05, 0) is 20.3 Å². The second-order valence-electron chi connectivity index (χ2n) is 3.91. The van der Waals surface area contributed by atoms with E-state index in [1.807, 2.05) is 0 Å². The molecule has 5 nitrogen and oxygen atoms in total. The van der Waals surface area contributed by atoms with Crippen molar-refractivity contribution in [2.45, 2.75) is 32.2 Å². The van der Waals surface area contributed by atoms with Crippen LogP contribution in [0.1, 0.15) is 26.7 Å². The average Bonchev–Trinajstić information content (AvgIpc) is 2.00. The smallest absolute Gasteiger partial charge is 0.315 e. The third-order valence-corrected chi connectivity index (χ3v) is 1.68. The lowest BCUT2D eigenvalue weighted by atomic mass is 10.0. The minimum atomic E-state index is -0.939. The van der Waals surface area contributed by atoms with Gasteiger partial charge in [-0.2, -0.15) is 0 Å². The first kappa shape index (κ1) is 13.5. The highest BCUT2D eigenvalue weighted by Gasteiger charge is 2.23. The van der Waals surface area contributed by atoms with E-state index in [2.05, 4.69) is 17.2 Å². The molecule has 0 aliphatic rings. The van der Waals surface area contributed by atoms with Crippen LogP contribution < -0.4 is 10.6 Å². The minimum absolute atomic E-state index is 0.109. The topological polar surface area (TPSA) is 78.4 Å². The van der Waals surface area contributed by atoms with E-state index in [1.165, 1.54) is 0 Å². The van der Waals surface area contributed by atoms with Crippen LogP contribution in [0.15, 0.2) is 12.7 Å². The number of aliphatic carboxylic acids is 1. The summed E-state index contributed by atoms with van der Waals surface area (Å²) < 4.78 is 0. The number of amides is 2. The van der Waals surface area contributed by atoms with Crippen LogP contribution >= 0.6 is 0 Å². The molecule has 0 unspecified atom stereocenters. The summed E-state index contributed by atoms with van der Waals surface area (Å²) in [5.74, 6) is -0.939. The van der Waals surface area contributed by atoms with E-state index in [9.17, 15) is 9.59 Å². The Morgan fingerprint density at radius 1 is 1.47 bits per heavy atom. The highest BCUT2D eigenvalue weighted by Crippen LogP contribution is 2.07. The number of carboxylic acid groups (broad SMARTS) is 1. The van der Waals surface area contributed by atoms with Crippen molar-refractivity contribution in [3.8, 4) is 0 Å². The van der Waals surface area contributed by atoms with E-state index in [1.54, 1.807) is 19.9 Å². The molecule has 0 saturated carbocycles. The summed E-state index contributed by atoms with van der Waals surface area (Å²) in [4.78, 5) is 21.7. The van der Waals surface area contributed by atoms with Crippen molar-refractivity contribution in [2.24, 2.45) is 0 Å². The summed E-state index contributed by atoms with van der Waals surface area (Å²) in [6, 6.07) is -0.358. The van der Waals surface area contributed by atoms with E-state index < -0.39 is 11.5 Å².